The van der Waals surface area contributed by atoms with Gasteiger partial charge in [-0.05, 0) is 57.8 Å². The van der Waals surface area contributed by atoms with Crippen LogP contribution in [0.25, 0.3) is 0 Å². The molecule has 0 amide bonds. The van der Waals surface area contributed by atoms with Gasteiger partial charge in [-0.25, -0.2) is 0 Å². The van der Waals surface area contributed by atoms with Gasteiger partial charge in [-0.1, -0.05) is 320 Å². The third-order valence-electron chi connectivity index (χ3n) is 14.6. The molecule has 0 radical (unpaired) electrons. The Morgan fingerprint density at radius 3 is 0.824 bits per heavy atom. The molecule has 0 bridgehead atoms. The SMILES string of the molecule is CC/C=C\C/C=C\C/C=C\C/C=C\CCCCCCCCCCCCC(=O)OCC(COC(=O)CCCCCCCCCCCCCCC)OC(=O)CCCCCCCCCCCCCCCCCCCCCC. The van der Waals surface area contributed by atoms with Crippen LogP contribution in [-0.4, -0.2) is 37.2 Å². The van der Waals surface area contributed by atoms with Crippen molar-refractivity contribution in [1.29, 1.82) is 0 Å². The van der Waals surface area contributed by atoms with Gasteiger partial charge in [0.15, 0.2) is 6.10 Å². The Balaban J connectivity index is 4.28. The Morgan fingerprint density at radius 2 is 0.527 bits per heavy atom. The van der Waals surface area contributed by atoms with Crippen molar-refractivity contribution >= 4 is 17.9 Å². The first-order valence-corrected chi connectivity index (χ1v) is 32.6. The van der Waals surface area contributed by atoms with E-state index in [2.05, 4.69) is 69.4 Å². The van der Waals surface area contributed by atoms with Crippen molar-refractivity contribution in [1.82, 2.24) is 0 Å². The minimum atomic E-state index is -0.771. The van der Waals surface area contributed by atoms with Crippen molar-refractivity contribution in [2.75, 3.05) is 13.2 Å². The molecule has 0 aliphatic carbocycles. The van der Waals surface area contributed by atoms with Crippen LogP contribution in [0.5, 0.6) is 0 Å². The van der Waals surface area contributed by atoms with E-state index in [0.717, 1.165) is 83.5 Å². The molecule has 0 aliphatic rings. The molecule has 1 unspecified atom stereocenters. The molecule has 0 heterocycles. The van der Waals surface area contributed by atoms with Crippen molar-refractivity contribution in [2.45, 2.75) is 354 Å². The fraction of sp³-hybridized carbons (Fsp3) is 0.838. The van der Waals surface area contributed by atoms with Gasteiger partial charge < -0.3 is 14.2 Å². The summed E-state index contributed by atoms with van der Waals surface area (Å²) in [4.78, 5) is 38.3. The molecular formula is C68H124O6. The molecule has 0 rings (SSSR count). The quantitative estimate of drug-likeness (QED) is 0.0261. The van der Waals surface area contributed by atoms with Gasteiger partial charge in [0.1, 0.15) is 13.2 Å². The van der Waals surface area contributed by atoms with Crippen LogP contribution in [0.15, 0.2) is 48.6 Å². The summed E-state index contributed by atoms with van der Waals surface area (Å²) in [6.07, 6.45) is 78.3. The average Bonchev–Trinajstić information content (AvgIpc) is 3.40. The molecule has 0 N–H and O–H groups in total. The van der Waals surface area contributed by atoms with Crippen LogP contribution in [0, 0.1) is 0 Å². The number of hydrogen-bond donors (Lipinski definition) is 0. The predicted molar refractivity (Wildman–Crippen MR) is 321 cm³/mol. The number of esters is 3. The van der Waals surface area contributed by atoms with Crippen molar-refractivity contribution in [3.05, 3.63) is 48.6 Å². The molecule has 6 heteroatoms. The molecule has 74 heavy (non-hydrogen) atoms. The van der Waals surface area contributed by atoms with E-state index < -0.39 is 6.10 Å². The van der Waals surface area contributed by atoms with Gasteiger partial charge in [0.05, 0.1) is 0 Å². The van der Waals surface area contributed by atoms with Gasteiger partial charge in [0.25, 0.3) is 0 Å². The first-order valence-electron chi connectivity index (χ1n) is 32.6. The van der Waals surface area contributed by atoms with E-state index in [4.69, 9.17) is 14.2 Å². The topological polar surface area (TPSA) is 78.9 Å². The lowest BCUT2D eigenvalue weighted by atomic mass is 10.0. The van der Waals surface area contributed by atoms with E-state index >= 15 is 0 Å². The van der Waals surface area contributed by atoms with Gasteiger partial charge in [-0.15, -0.1) is 0 Å². The number of allylic oxidation sites excluding steroid dienone is 8. The molecule has 0 aliphatic heterocycles. The first-order chi connectivity index (χ1) is 36.5. The van der Waals surface area contributed by atoms with E-state index in [1.54, 1.807) is 0 Å². The summed E-state index contributed by atoms with van der Waals surface area (Å²) < 4.78 is 17.0. The Morgan fingerprint density at radius 1 is 0.284 bits per heavy atom. The molecule has 0 aromatic heterocycles. The predicted octanol–water partition coefficient (Wildman–Crippen LogP) is 22.2. The summed E-state index contributed by atoms with van der Waals surface area (Å²) in [5.41, 5.74) is 0. The summed E-state index contributed by atoms with van der Waals surface area (Å²) in [5.74, 6) is -0.848. The zero-order valence-corrected chi connectivity index (χ0v) is 49.6. The molecule has 1 atom stereocenters. The summed E-state index contributed by atoms with van der Waals surface area (Å²) in [6.45, 7) is 6.59. The van der Waals surface area contributed by atoms with Crippen LogP contribution >= 0.6 is 0 Å². The molecule has 0 aromatic rings. The lowest BCUT2D eigenvalue weighted by molar-refractivity contribution is -0.167. The van der Waals surface area contributed by atoms with Gasteiger partial charge in [0.2, 0.25) is 0 Å². The van der Waals surface area contributed by atoms with Gasteiger partial charge >= 0.3 is 17.9 Å². The molecule has 0 saturated heterocycles. The largest absolute Gasteiger partial charge is 0.462 e. The maximum Gasteiger partial charge on any atom is 0.306 e. The number of hydrogen-bond acceptors (Lipinski definition) is 6. The van der Waals surface area contributed by atoms with Crippen LogP contribution in [0.2, 0.25) is 0 Å². The standard InChI is InChI=1S/C68H124O6/c1-4-7-10-13-16-19-22-25-27-29-31-33-34-35-37-38-40-43-46-49-52-55-58-61-67(70)73-64-65(63-72-66(69)60-57-54-51-48-45-42-24-21-18-15-12-9-6-3)74-68(71)62-59-56-53-50-47-44-41-39-36-32-30-28-26-23-20-17-14-11-8-5-2/h7,10,16,19,25,27,31,33,65H,4-6,8-9,11-15,17-18,20-24,26,28-30,32,34-64H2,1-3H3/b10-7-,19-16-,27-25-,33-31-. The Kier molecular flexibility index (Phi) is 60.7. The smallest absolute Gasteiger partial charge is 0.306 e. The second-order valence-electron chi connectivity index (χ2n) is 22.0. The van der Waals surface area contributed by atoms with Crippen LogP contribution in [0.4, 0.5) is 0 Å². The number of carbonyl (C=O) groups excluding carboxylic acids is 3. The van der Waals surface area contributed by atoms with E-state index in [1.165, 1.54) is 225 Å². The fourth-order valence-electron chi connectivity index (χ4n) is 9.73. The Bertz CT molecular complexity index is 1280. The number of rotatable bonds is 60. The van der Waals surface area contributed by atoms with E-state index in [0.29, 0.717) is 19.3 Å². The molecule has 432 valence electrons. The van der Waals surface area contributed by atoms with Crippen molar-refractivity contribution < 1.29 is 28.6 Å². The number of unbranched alkanes of at least 4 members (excludes halogenated alkanes) is 41. The normalized spacial score (nSPS) is 12.3. The van der Waals surface area contributed by atoms with Crippen LogP contribution in [0.1, 0.15) is 348 Å². The van der Waals surface area contributed by atoms with Crippen LogP contribution in [-0.2, 0) is 28.6 Å². The molecule has 0 saturated carbocycles. The molecule has 6 nitrogen and oxygen atoms in total. The Hall–Kier alpha value is -2.63. The average molecular weight is 1040 g/mol. The lowest BCUT2D eigenvalue weighted by Crippen LogP contribution is -2.30. The molecule has 0 spiro atoms. The molecular weight excluding hydrogens is 913 g/mol. The van der Waals surface area contributed by atoms with E-state index in [1.807, 2.05) is 0 Å². The summed E-state index contributed by atoms with van der Waals surface area (Å²) >= 11 is 0. The highest BCUT2D eigenvalue weighted by atomic mass is 16.6. The highest BCUT2D eigenvalue weighted by Gasteiger charge is 2.19. The zero-order chi connectivity index (χ0) is 53.6. The minimum absolute atomic E-state index is 0.0686. The Labute approximate surface area is 460 Å². The van der Waals surface area contributed by atoms with E-state index in [9.17, 15) is 14.4 Å². The first kappa shape index (κ1) is 71.4. The second-order valence-corrected chi connectivity index (χ2v) is 22.0. The van der Waals surface area contributed by atoms with Gasteiger partial charge in [-0.3, -0.25) is 14.4 Å². The third-order valence-corrected chi connectivity index (χ3v) is 14.6. The summed E-state index contributed by atoms with van der Waals surface area (Å²) in [5, 5.41) is 0. The zero-order valence-electron chi connectivity index (χ0n) is 49.6. The van der Waals surface area contributed by atoms with Crippen molar-refractivity contribution in [2.24, 2.45) is 0 Å². The molecule has 0 aromatic carbocycles. The number of ether oxygens (including phenoxy) is 3. The van der Waals surface area contributed by atoms with Crippen molar-refractivity contribution in [3.8, 4) is 0 Å². The van der Waals surface area contributed by atoms with Crippen molar-refractivity contribution in [3.63, 3.8) is 0 Å². The lowest BCUT2D eigenvalue weighted by Gasteiger charge is -2.18. The highest BCUT2D eigenvalue weighted by Crippen LogP contribution is 2.18. The minimum Gasteiger partial charge on any atom is -0.462 e. The maximum atomic E-state index is 12.9. The van der Waals surface area contributed by atoms with E-state index in [-0.39, 0.29) is 31.1 Å². The third kappa shape index (κ3) is 60.2. The maximum absolute atomic E-state index is 12.9. The second kappa shape index (κ2) is 62.9. The summed E-state index contributed by atoms with van der Waals surface area (Å²) in [6, 6.07) is 0. The summed E-state index contributed by atoms with van der Waals surface area (Å²) in [7, 11) is 0. The van der Waals surface area contributed by atoms with Gasteiger partial charge in [-0.2, -0.15) is 0 Å². The van der Waals surface area contributed by atoms with Gasteiger partial charge in [0, 0.05) is 19.3 Å². The monoisotopic (exact) mass is 1040 g/mol. The fourth-order valence-corrected chi connectivity index (χ4v) is 9.73. The van der Waals surface area contributed by atoms with Crippen LogP contribution < -0.4 is 0 Å². The number of carbonyl (C=O) groups is 3. The van der Waals surface area contributed by atoms with Crippen LogP contribution in [0.3, 0.4) is 0 Å². The highest BCUT2D eigenvalue weighted by molar-refractivity contribution is 5.71. The molecule has 0 fully saturated rings.